The number of hydrogen-bond donors (Lipinski definition) is 0. The number of amides is 1. The van der Waals surface area contributed by atoms with Crippen LogP contribution in [0.1, 0.15) is 30.2 Å². The van der Waals surface area contributed by atoms with E-state index in [0.29, 0.717) is 24.7 Å². The highest BCUT2D eigenvalue weighted by Gasteiger charge is 2.16. The van der Waals surface area contributed by atoms with E-state index in [1.54, 1.807) is 11.0 Å². The lowest BCUT2D eigenvalue weighted by Crippen LogP contribution is -2.32. The summed E-state index contributed by atoms with van der Waals surface area (Å²) in [5, 5.41) is 0. The Hall–Kier alpha value is -0.960. The molecular formula is C11H16ClNO2. The van der Waals surface area contributed by atoms with Crippen molar-refractivity contribution in [2.24, 2.45) is 0 Å². The average molecular weight is 230 g/mol. The first-order valence-electron chi connectivity index (χ1n) is 5.16. The summed E-state index contributed by atoms with van der Waals surface area (Å²) < 4.78 is 5.39. The molecule has 1 aromatic heterocycles. The monoisotopic (exact) mass is 229 g/mol. The Morgan fingerprint density at radius 1 is 1.47 bits per heavy atom. The maximum Gasteiger partial charge on any atom is 0.289 e. The Morgan fingerprint density at radius 3 is 2.67 bits per heavy atom. The predicted molar refractivity (Wildman–Crippen MR) is 60.4 cm³/mol. The van der Waals surface area contributed by atoms with Gasteiger partial charge in [-0.05, 0) is 19.1 Å². The molecule has 3 nitrogen and oxygen atoms in total. The fraction of sp³-hybridized carbons (Fsp3) is 0.545. The molecule has 1 amide bonds. The van der Waals surface area contributed by atoms with Crippen LogP contribution in [0.3, 0.4) is 0 Å². The normalized spacial score (nSPS) is 10.3. The summed E-state index contributed by atoms with van der Waals surface area (Å²) in [5.74, 6) is 1.60. The van der Waals surface area contributed by atoms with Gasteiger partial charge in [-0.1, -0.05) is 6.92 Å². The maximum absolute atomic E-state index is 11.9. The van der Waals surface area contributed by atoms with Crippen LogP contribution in [0.5, 0.6) is 0 Å². The van der Waals surface area contributed by atoms with Gasteiger partial charge in [0, 0.05) is 25.4 Å². The van der Waals surface area contributed by atoms with E-state index in [2.05, 4.69) is 0 Å². The van der Waals surface area contributed by atoms with Crippen molar-refractivity contribution in [3.8, 4) is 0 Å². The first-order valence-corrected chi connectivity index (χ1v) is 5.70. The first-order chi connectivity index (χ1) is 7.22. The van der Waals surface area contributed by atoms with Crippen molar-refractivity contribution in [3.05, 3.63) is 23.7 Å². The molecule has 0 atom stereocenters. The number of aryl methyl sites for hydroxylation is 1. The minimum atomic E-state index is -0.0853. The SMILES string of the molecule is CCc1ccc(C(=O)N(CC)CCCl)o1. The van der Waals surface area contributed by atoms with Gasteiger partial charge >= 0.3 is 0 Å². The molecule has 0 saturated carbocycles. The third-order valence-corrected chi connectivity index (χ3v) is 2.41. The second kappa shape index (κ2) is 5.81. The standard InChI is InChI=1S/C11H16ClNO2/c1-3-9-5-6-10(15-9)11(14)13(4-2)8-7-12/h5-6H,3-4,7-8H2,1-2H3. The van der Waals surface area contributed by atoms with E-state index < -0.39 is 0 Å². The van der Waals surface area contributed by atoms with Crippen LogP contribution in [-0.2, 0) is 6.42 Å². The lowest BCUT2D eigenvalue weighted by atomic mass is 10.3. The van der Waals surface area contributed by atoms with Gasteiger partial charge < -0.3 is 9.32 Å². The van der Waals surface area contributed by atoms with Gasteiger partial charge in [0.05, 0.1) is 0 Å². The Kier molecular flexibility index (Phi) is 4.69. The van der Waals surface area contributed by atoms with E-state index in [4.69, 9.17) is 16.0 Å². The van der Waals surface area contributed by atoms with Crippen LogP contribution in [0.15, 0.2) is 16.5 Å². The van der Waals surface area contributed by atoms with Crippen LogP contribution in [0.4, 0.5) is 0 Å². The molecule has 0 aliphatic heterocycles. The van der Waals surface area contributed by atoms with Crippen molar-refractivity contribution in [2.45, 2.75) is 20.3 Å². The van der Waals surface area contributed by atoms with Crippen LogP contribution < -0.4 is 0 Å². The number of carbonyl (C=O) groups excluding carboxylic acids is 1. The van der Waals surface area contributed by atoms with Crippen LogP contribution in [-0.4, -0.2) is 29.8 Å². The zero-order valence-electron chi connectivity index (χ0n) is 9.12. The number of alkyl halides is 1. The third-order valence-electron chi connectivity index (χ3n) is 2.24. The lowest BCUT2D eigenvalue weighted by molar-refractivity contribution is 0.0740. The number of halogens is 1. The molecule has 0 bridgehead atoms. The van der Waals surface area contributed by atoms with Crippen molar-refractivity contribution in [1.82, 2.24) is 4.90 Å². The van der Waals surface area contributed by atoms with E-state index in [0.717, 1.165) is 12.2 Å². The van der Waals surface area contributed by atoms with Gasteiger partial charge in [-0.15, -0.1) is 11.6 Å². The van der Waals surface area contributed by atoms with E-state index >= 15 is 0 Å². The van der Waals surface area contributed by atoms with E-state index in [1.165, 1.54) is 0 Å². The zero-order valence-corrected chi connectivity index (χ0v) is 9.88. The van der Waals surface area contributed by atoms with Crippen molar-refractivity contribution in [1.29, 1.82) is 0 Å². The number of hydrogen-bond acceptors (Lipinski definition) is 2. The second-order valence-electron chi connectivity index (χ2n) is 3.19. The van der Waals surface area contributed by atoms with Gasteiger partial charge in [0.1, 0.15) is 5.76 Å². The highest BCUT2D eigenvalue weighted by molar-refractivity contribution is 6.18. The molecule has 4 heteroatoms. The van der Waals surface area contributed by atoms with Crippen molar-refractivity contribution < 1.29 is 9.21 Å². The average Bonchev–Trinajstić information content (AvgIpc) is 2.73. The maximum atomic E-state index is 11.9. The second-order valence-corrected chi connectivity index (χ2v) is 3.57. The summed E-state index contributed by atoms with van der Waals surface area (Å²) in [5.41, 5.74) is 0. The highest BCUT2D eigenvalue weighted by Crippen LogP contribution is 2.11. The summed E-state index contributed by atoms with van der Waals surface area (Å²) in [6.07, 6.45) is 0.801. The molecule has 0 spiro atoms. The summed E-state index contributed by atoms with van der Waals surface area (Å²) in [6.45, 7) is 5.12. The quantitative estimate of drug-likeness (QED) is 0.727. The van der Waals surface area contributed by atoms with Crippen molar-refractivity contribution in [3.63, 3.8) is 0 Å². The molecule has 0 aliphatic rings. The topological polar surface area (TPSA) is 33.5 Å². The molecule has 1 rings (SSSR count). The predicted octanol–water partition coefficient (Wildman–Crippen LogP) is 2.54. The summed E-state index contributed by atoms with van der Waals surface area (Å²) in [6, 6.07) is 3.56. The number of nitrogens with zero attached hydrogens (tertiary/aromatic N) is 1. The molecule has 0 unspecified atom stereocenters. The first kappa shape index (κ1) is 12.1. The van der Waals surface area contributed by atoms with Crippen molar-refractivity contribution >= 4 is 17.5 Å². The number of furan rings is 1. The van der Waals surface area contributed by atoms with E-state index in [1.807, 2.05) is 19.9 Å². The molecule has 15 heavy (non-hydrogen) atoms. The minimum Gasteiger partial charge on any atom is -0.456 e. The van der Waals surface area contributed by atoms with Gasteiger partial charge in [-0.25, -0.2) is 0 Å². The highest BCUT2D eigenvalue weighted by atomic mass is 35.5. The van der Waals surface area contributed by atoms with Crippen LogP contribution in [0.25, 0.3) is 0 Å². The van der Waals surface area contributed by atoms with Crippen molar-refractivity contribution in [2.75, 3.05) is 19.0 Å². The number of carbonyl (C=O) groups is 1. The summed E-state index contributed by atoms with van der Waals surface area (Å²) in [4.78, 5) is 13.5. The van der Waals surface area contributed by atoms with Gasteiger partial charge in [0.15, 0.2) is 5.76 Å². The van der Waals surface area contributed by atoms with Gasteiger partial charge in [-0.3, -0.25) is 4.79 Å². The van der Waals surface area contributed by atoms with E-state index in [-0.39, 0.29) is 5.91 Å². The fourth-order valence-electron chi connectivity index (χ4n) is 1.34. The van der Waals surface area contributed by atoms with E-state index in [9.17, 15) is 4.79 Å². The minimum absolute atomic E-state index is 0.0853. The van der Waals surface area contributed by atoms with Crippen LogP contribution >= 0.6 is 11.6 Å². The largest absolute Gasteiger partial charge is 0.456 e. The molecule has 84 valence electrons. The molecule has 0 saturated heterocycles. The molecule has 0 aliphatic carbocycles. The molecule has 0 radical (unpaired) electrons. The van der Waals surface area contributed by atoms with Crippen LogP contribution in [0, 0.1) is 0 Å². The smallest absolute Gasteiger partial charge is 0.289 e. The lowest BCUT2D eigenvalue weighted by Gasteiger charge is -2.17. The Labute approximate surface area is 95.0 Å². The van der Waals surface area contributed by atoms with Gasteiger partial charge in [0.2, 0.25) is 0 Å². The Morgan fingerprint density at radius 2 is 2.20 bits per heavy atom. The molecule has 1 aromatic rings. The summed E-state index contributed by atoms with van der Waals surface area (Å²) >= 11 is 5.61. The Bertz CT molecular complexity index is 322. The number of rotatable bonds is 5. The van der Waals surface area contributed by atoms with Gasteiger partial charge in [-0.2, -0.15) is 0 Å². The summed E-state index contributed by atoms with van der Waals surface area (Å²) in [7, 11) is 0. The molecule has 0 N–H and O–H groups in total. The van der Waals surface area contributed by atoms with Crippen LogP contribution in [0.2, 0.25) is 0 Å². The van der Waals surface area contributed by atoms with Gasteiger partial charge in [0.25, 0.3) is 5.91 Å². The molecular weight excluding hydrogens is 214 g/mol. The molecule has 0 aromatic carbocycles. The molecule has 1 heterocycles. The molecule has 0 fully saturated rings. The fourth-order valence-corrected chi connectivity index (χ4v) is 1.55. The third kappa shape index (κ3) is 2.99. The zero-order chi connectivity index (χ0) is 11.3. The Balaban J connectivity index is 2.73.